The molecule has 0 aromatic heterocycles. The highest BCUT2D eigenvalue weighted by Gasteiger charge is 2.28. The SMILES string of the molecule is NCC(CC(=O)N1CCCCC1)NC1CCCCC1CO. The average Bonchev–Trinajstić information content (AvgIpc) is 2.55. The lowest BCUT2D eigenvalue weighted by Gasteiger charge is -2.35. The van der Waals surface area contributed by atoms with Crippen LogP contribution in [0, 0.1) is 5.92 Å². The first-order valence-corrected chi connectivity index (χ1v) is 8.59. The molecule has 5 heteroatoms. The Morgan fingerprint density at radius 1 is 1.19 bits per heavy atom. The number of aliphatic hydroxyl groups is 1. The Kier molecular flexibility index (Phi) is 6.93. The Labute approximate surface area is 128 Å². The molecule has 4 N–H and O–H groups in total. The van der Waals surface area contributed by atoms with E-state index in [4.69, 9.17) is 5.73 Å². The Bertz CT molecular complexity index is 319. The minimum atomic E-state index is 0.0385. The summed E-state index contributed by atoms with van der Waals surface area (Å²) in [4.78, 5) is 14.3. The highest BCUT2D eigenvalue weighted by atomic mass is 16.3. The first-order chi connectivity index (χ1) is 10.2. The number of rotatable bonds is 6. The highest BCUT2D eigenvalue weighted by molar-refractivity contribution is 5.76. The van der Waals surface area contributed by atoms with Crippen LogP contribution in [0.4, 0.5) is 0 Å². The molecule has 2 aliphatic rings. The molecule has 1 aliphatic heterocycles. The maximum atomic E-state index is 12.3. The van der Waals surface area contributed by atoms with Gasteiger partial charge in [0.1, 0.15) is 0 Å². The average molecular weight is 297 g/mol. The summed E-state index contributed by atoms with van der Waals surface area (Å²) < 4.78 is 0. The Hall–Kier alpha value is -0.650. The van der Waals surface area contributed by atoms with Crippen LogP contribution in [-0.2, 0) is 4.79 Å². The molecule has 0 aromatic carbocycles. The number of hydrogen-bond acceptors (Lipinski definition) is 4. The number of aliphatic hydroxyl groups excluding tert-OH is 1. The van der Waals surface area contributed by atoms with Crippen molar-refractivity contribution in [1.29, 1.82) is 0 Å². The third kappa shape index (κ3) is 4.94. The van der Waals surface area contributed by atoms with Crippen molar-refractivity contribution in [3.63, 3.8) is 0 Å². The van der Waals surface area contributed by atoms with Gasteiger partial charge in [0.05, 0.1) is 0 Å². The van der Waals surface area contributed by atoms with E-state index < -0.39 is 0 Å². The van der Waals surface area contributed by atoms with E-state index in [0.29, 0.717) is 24.9 Å². The maximum Gasteiger partial charge on any atom is 0.224 e. The van der Waals surface area contributed by atoms with Gasteiger partial charge in [0, 0.05) is 44.7 Å². The van der Waals surface area contributed by atoms with Gasteiger partial charge in [0.15, 0.2) is 0 Å². The number of nitrogens with two attached hydrogens (primary N) is 1. The summed E-state index contributed by atoms with van der Waals surface area (Å²) in [7, 11) is 0. The van der Waals surface area contributed by atoms with Crippen LogP contribution in [0.25, 0.3) is 0 Å². The number of piperidine rings is 1. The highest BCUT2D eigenvalue weighted by Crippen LogP contribution is 2.24. The third-order valence-corrected chi connectivity index (χ3v) is 5.01. The van der Waals surface area contributed by atoms with E-state index in [0.717, 1.165) is 38.8 Å². The van der Waals surface area contributed by atoms with Crippen LogP contribution in [0.2, 0.25) is 0 Å². The van der Waals surface area contributed by atoms with Crippen molar-refractivity contribution < 1.29 is 9.90 Å². The predicted octanol–water partition coefficient (Wildman–Crippen LogP) is 0.857. The molecular formula is C16H31N3O2. The van der Waals surface area contributed by atoms with Gasteiger partial charge in [-0.2, -0.15) is 0 Å². The molecule has 0 radical (unpaired) electrons. The fraction of sp³-hybridized carbons (Fsp3) is 0.938. The molecular weight excluding hydrogens is 266 g/mol. The van der Waals surface area contributed by atoms with Gasteiger partial charge in [-0.25, -0.2) is 0 Å². The molecule has 122 valence electrons. The van der Waals surface area contributed by atoms with Gasteiger partial charge < -0.3 is 21.1 Å². The normalized spacial score (nSPS) is 28.4. The van der Waals surface area contributed by atoms with E-state index in [-0.39, 0.29) is 18.6 Å². The smallest absolute Gasteiger partial charge is 0.224 e. The standard InChI is InChI=1S/C16H31N3O2/c17-11-14(10-16(21)19-8-4-1-5-9-19)18-15-7-3-2-6-13(15)12-20/h13-15,18,20H,1-12,17H2. The number of nitrogens with one attached hydrogen (secondary N) is 1. The predicted molar refractivity (Wildman–Crippen MR) is 83.9 cm³/mol. The van der Waals surface area contributed by atoms with Crippen molar-refractivity contribution in [2.75, 3.05) is 26.2 Å². The summed E-state index contributed by atoms with van der Waals surface area (Å²) in [6.45, 7) is 2.51. The second-order valence-corrected chi connectivity index (χ2v) is 6.58. The van der Waals surface area contributed by atoms with Crippen LogP contribution in [0.5, 0.6) is 0 Å². The third-order valence-electron chi connectivity index (χ3n) is 5.01. The fourth-order valence-electron chi connectivity index (χ4n) is 3.64. The summed E-state index contributed by atoms with van der Waals surface area (Å²) in [5.74, 6) is 0.548. The zero-order valence-corrected chi connectivity index (χ0v) is 13.1. The van der Waals surface area contributed by atoms with Crippen molar-refractivity contribution in [2.45, 2.75) is 63.5 Å². The molecule has 2 rings (SSSR count). The van der Waals surface area contributed by atoms with Crippen LogP contribution >= 0.6 is 0 Å². The summed E-state index contributed by atoms with van der Waals surface area (Å²) >= 11 is 0. The lowest BCUT2D eigenvalue weighted by atomic mass is 9.84. The zero-order valence-electron chi connectivity index (χ0n) is 13.1. The second kappa shape index (κ2) is 8.71. The van der Waals surface area contributed by atoms with E-state index in [9.17, 15) is 9.90 Å². The minimum Gasteiger partial charge on any atom is -0.396 e. The molecule has 1 heterocycles. The number of likely N-dealkylation sites (tertiary alicyclic amines) is 1. The lowest BCUT2D eigenvalue weighted by Crippen LogP contribution is -2.50. The van der Waals surface area contributed by atoms with E-state index in [1.165, 1.54) is 19.3 Å². The molecule has 5 nitrogen and oxygen atoms in total. The number of carbonyl (C=O) groups is 1. The van der Waals surface area contributed by atoms with E-state index in [2.05, 4.69) is 5.32 Å². The summed E-state index contributed by atoms with van der Waals surface area (Å²) in [5, 5.41) is 13.0. The van der Waals surface area contributed by atoms with Crippen LogP contribution in [0.15, 0.2) is 0 Å². The van der Waals surface area contributed by atoms with Crippen molar-refractivity contribution in [3.8, 4) is 0 Å². The van der Waals surface area contributed by atoms with Gasteiger partial charge in [0.25, 0.3) is 0 Å². The van der Waals surface area contributed by atoms with E-state index >= 15 is 0 Å². The molecule has 0 spiro atoms. The van der Waals surface area contributed by atoms with Crippen molar-refractivity contribution in [2.24, 2.45) is 11.7 Å². The molecule has 0 bridgehead atoms. The Morgan fingerprint density at radius 2 is 1.90 bits per heavy atom. The molecule has 2 fully saturated rings. The van der Waals surface area contributed by atoms with Crippen LogP contribution in [-0.4, -0.2) is 54.2 Å². The lowest BCUT2D eigenvalue weighted by molar-refractivity contribution is -0.132. The first kappa shape index (κ1) is 16.7. The molecule has 1 amide bonds. The van der Waals surface area contributed by atoms with Crippen LogP contribution in [0.1, 0.15) is 51.4 Å². The topological polar surface area (TPSA) is 78.6 Å². The van der Waals surface area contributed by atoms with Gasteiger partial charge in [-0.05, 0) is 38.0 Å². The quantitative estimate of drug-likeness (QED) is 0.679. The Morgan fingerprint density at radius 3 is 2.57 bits per heavy atom. The van der Waals surface area contributed by atoms with Gasteiger partial charge in [0.2, 0.25) is 5.91 Å². The minimum absolute atomic E-state index is 0.0385. The zero-order chi connectivity index (χ0) is 15.1. The number of carbonyl (C=O) groups excluding carboxylic acids is 1. The van der Waals surface area contributed by atoms with E-state index in [1.807, 2.05) is 4.90 Å². The monoisotopic (exact) mass is 297 g/mol. The van der Waals surface area contributed by atoms with Crippen LogP contribution in [0.3, 0.4) is 0 Å². The molecule has 0 aromatic rings. The van der Waals surface area contributed by atoms with Crippen molar-refractivity contribution >= 4 is 5.91 Å². The molecule has 1 saturated carbocycles. The number of amides is 1. The molecule has 21 heavy (non-hydrogen) atoms. The molecule has 1 aliphatic carbocycles. The van der Waals surface area contributed by atoms with Gasteiger partial charge in [-0.1, -0.05) is 12.8 Å². The van der Waals surface area contributed by atoms with Crippen molar-refractivity contribution in [3.05, 3.63) is 0 Å². The largest absolute Gasteiger partial charge is 0.396 e. The van der Waals surface area contributed by atoms with Gasteiger partial charge >= 0.3 is 0 Å². The van der Waals surface area contributed by atoms with E-state index in [1.54, 1.807) is 0 Å². The van der Waals surface area contributed by atoms with Gasteiger partial charge in [-0.15, -0.1) is 0 Å². The van der Waals surface area contributed by atoms with Gasteiger partial charge in [-0.3, -0.25) is 4.79 Å². The summed E-state index contributed by atoms with van der Waals surface area (Å²) in [6, 6.07) is 0.350. The maximum absolute atomic E-state index is 12.3. The van der Waals surface area contributed by atoms with Crippen molar-refractivity contribution in [1.82, 2.24) is 10.2 Å². The fourth-order valence-corrected chi connectivity index (χ4v) is 3.64. The number of nitrogens with zero attached hydrogens (tertiary/aromatic N) is 1. The molecule has 3 atom stereocenters. The van der Waals surface area contributed by atoms with Crippen LogP contribution < -0.4 is 11.1 Å². The summed E-state index contributed by atoms with van der Waals surface area (Å²) in [6.07, 6.45) is 8.54. The molecule has 1 saturated heterocycles. The Balaban J connectivity index is 1.82. The first-order valence-electron chi connectivity index (χ1n) is 8.59. The summed E-state index contributed by atoms with van der Waals surface area (Å²) in [5.41, 5.74) is 5.86. The molecule has 3 unspecified atom stereocenters. The number of hydrogen-bond donors (Lipinski definition) is 3. The second-order valence-electron chi connectivity index (χ2n) is 6.58.